The van der Waals surface area contributed by atoms with E-state index in [1.807, 2.05) is 0 Å². The first-order valence-corrected chi connectivity index (χ1v) is 9.16. The Morgan fingerprint density at radius 2 is 2.08 bits per heavy atom. The second kappa shape index (κ2) is 7.19. The summed E-state index contributed by atoms with van der Waals surface area (Å²) in [5.41, 5.74) is 3.40. The molecule has 0 radical (unpaired) electrons. The van der Waals surface area contributed by atoms with Crippen molar-refractivity contribution in [1.29, 1.82) is 0 Å². The molecule has 4 rings (SSSR count). The molecule has 0 saturated heterocycles. The molecule has 5 nitrogen and oxygen atoms in total. The standard InChI is InChI=1S/C19H17NO4S/c21-19(12-25-16-7-6-13-3-1-4-14(13)9-16)23-11-15-10-18(24-20-15)17-5-2-8-22-17/h2,5-10H,1,3-4,11-12H2. The van der Waals surface area contributed by atoms with Crippen LogP contribution in [0.1, 0.15) is 23.2 Å². The van der Waals surface area contributed by atoms with Crippen LogP contribution in [0.15, 0.2) is 56.5 Å². The molecule has 0 atom stereocenters. The number of aromatic nitrogens is 1. The highest BCUT2D eigenvalue weighted by atomic mass is 32.2. The molecular weight excluding hydrogens is 338 g/mol. The van der Waals surface area contributed by atoms with E-state index in [1.165, 1.54) is 35.7 Å². The fourth-order valence-corrected chi connectivity index (χ4v) is 3.65. The molecule has 0 N–H and O–H groups in total. The summed E-state index contributed by atoms with van der Waals surface area (Å²) in [6, 6.07) is 11.7. The Hall–Kier alpha value is -2.47. The minimum Gasteiger partial charge on any atom is -0.461 e. The summed E-state index contributed by atoms with van der Waals surface area (Å²) < 4.78 is 15.7. The Bertz CT molecular complexity index is 869. The maximum Gasteiger partial charge on any atom is 0.316 e. The van der Waals surface area contributed by atoms with Gasteiger partial charge in [0.15, 0.2) is 5.76 Å². The molecule has 0 saturated carbocycles. The zero-order valence-corrected chi connectivity index (χ0v) is 14.4. The second-order valence-corrected chi connectivity index (χ2v) is 6.94. The molecule has 3 aromatic rings. The molecule has 0 amide bonds. The molecule has 25 heavy (non-hydrogen) atoms. The molecule has 1 aliphatic carbocycles. The third kappa shape index (κ3) is 3.79. The van der Waals surface area contributed by atoms with Gasteiger partial charge < -0.3 is 13.7 Å². The van der Waals surface area contributed by atoms with Crippen LogP contribution in [0, 0.1) is 0 Å². The maximum absolute atomic E-state index is 11.9. The predicted octanol–water partition coefficient (Wildman–Crippen LogP) is 4.26. The number of carbonyl (C=O) groups is 1. The first-order chi connectivity index (χ1) is 12.3. The fraction of sp³-hybridized carbons (Fsp3) is 0.263. The van der Waals surface area contributed by atoms with Crippen LogP contribution in [0.5, 0.6) is 0 Å². The summed E-state index contributed by atoms with van der Waals surface area (Å²) in [6.07, 6.45) is 5.09. The van der Waals surface area contributed by atoms with E-state index in [2.05, 4.69) is 23.4 Å². The van der Waals surface area contributed by atoms with Gasteiger partial charge in [-0.2, -0.15) is 0 Å². The highest BCUT2D eigenvalue weighted by Gasteiger charge is 2.13. The normalized spacial score (nSPS) is 13.0. The van der Waals surface area contributed by atoms with Crippen LogP contribution in [0.25, 0.3) is 11.5 Å². The Balaban J connectivity index is 1.27. The van der Waals surface area contributed by atoms with Gasteiger partial charge in [-0.25, -0.2) is 0 Å². The summed E-state index contributed by atoms with van der Waals surface area (Å²) in [5, 5.41) is 3.88. The monoisotopic (exact) mass is 355 g/mol. The summed E-state index contributed by atoms with van der Waals surface area (Å²) in [5.74, 6) is 1.12. The first-order valence-electron chi connectivity index (χ1n) is 8.17. The van der Waals surface area contributed by atoms with Gasteiger partial charge in [0.2, 0.25) is 5.76 Å². The molecule has 6 heteroatoms. The Labute approximate surface area is 149 Å². The van der Waals surface area contributed by atoms with Crippen molar-refractivity contribution >= 4 is 17.7 Å². The number of thioether (sulfide) groups is 1. The van der Waals surface area contributed by atoms with E-state index in [0.717, 1.165) is 11.3 Å². The molecule has 0 unspecified atom stereocenters. The summed E-state index contributed by atoms with van der Waals surface area (Å²) in [7, 11) is 0. The van der Waals surface area contributed by atoms with E-state index in [-0.39, 0.29) is 18.3 Å². The van der Waals surface area contributed by atoms with Gasteiger partial charge >= 0.3 is 5.97 Å². The topological polar surface area (TPSA) is 65.5 Å². The van der Waals surface area contributed by atoms with Gasteiger partial charge in [-0.3, -0.25) is 4.79 Å². The zero-order chi connectivity index (χ0) is 17.1. The number of furan rings is 1. The molecule has 1 aliphatic rings. The van der Waals surface area contributed by atoms with Crippen LogP contribution in [0.2, 0.25) is 0 Å². The molecule has 1 aromatic carbocycles. The van der Waals surface area contributed by atoms with Gasteiger partial charge in [-0.1, -0.05) is 11.2 Å². The van der Waals surface area contributed by atoms with Crippen molar-refractivity contribution in [3.05, 3.63) is 59.5 Å². The molecule has 0 bridgehead atoms. The molecule has 2 aromatic heterocycles. The number of hydrogen-bond donors (Lipinski definition) is 0. The largest absolute Gasteiger partial charge is 0.461 e. The van der Waals surface area contributed by atoms with Gasteiger partial charge in [-0.05, 0) is 54.7 Å². The van der Waals surface area contributed by atoms with Crippen molar-refractivity contribution in [3.8, 4) is 11.5 Å². The minimum atomic E-state index is -0.270. The summed E-state index contributed by atoms with van der Waals surface area (Å²) in [6.45, 7) is 0.0911. The smallest absolute Gasteiger partial charge is 0.316 e. The van der Waals surface area contributed by atoms with Gasteiger partial charge in [0.25, 0.3) is 0 Å². The van der Waals surface area contributed by atoms with Crippen molar-refractivity contribution in [1.82, 2.24) is 5.16 Å². The van der Waals surface area contributed by atoms with E-state index in [4.69, 9.17) is 13.7 Å². The Morgan fingerprint density at radius 1 is 1.16 bits per heavy atom. The van der Waals surface area contributed by atoms with Crippen LogP contribution in [-0.4, -0.2) is 16.9 Å². The number of hydrogen-bond acceptors (Lipinski definition) is 6. The van der Waals surface area contributed by atoms with E-state index < -0.39 is 0 Å². The number of esters is 1. The predicted molar refractivity (Wildman–Crippen MR) is 93.2 cm³/mol. The van der Waals surface area contributed by atoms with E-state index in [1.54, 1.807) is 24.5 Å². The van der Waals surface area contributed by atoms with E-state index in [9.17, 15) is 4.79 Å². The highest BCUT2D eigenvalue weighted by molar-refractivity contribution is 8.00. The summed E-state index contributed by atoms with van der Waals surface area (Å²) >= 11 is 1.50. The van der Waals surface area contributed by atoms with Crippen molar-refractivity contribution < 1.29 is 18.5 Å². The van der Waals surface area contributed by atoms with Crippen molar-refractivity contribution in [2.24, 2.45) is 0 Å². The van der Waals surface area contributed by atoms with Gasteiger partial charge in [0, 0.05) is 11.0 Å². The summed E-state index contributed by atoms with van der Waals surface area (Å²) in [4.78, 5) is 13.0. The fourth-order valence-electron chi connectivity index (χ4n) is 2.89. The van der Waals surface area contributed by atoms with Gasteiger partial charge in [-0.15, -0.1) is 11.8 Å². The number of aryl methyl sites for hydroxylation is 2. The number of fused-ring (bicyclic) bond motifs is 1. The Kier molecular flexibility index (Phi) is 4.61. The third-order valence-electron chi connectivity index (χ3n) is 4.13. The van der Waals surface area contributed by atoms with Crippen molar-refractivity contribution in [3.63, 3.8) is 0 Å². The highest BCUT2D eigenvalue weighted by Crippen LogP contribution is 2.27. The maximum atomic E-state index is 11.9. The van der Waals surface area contributed by atoms with E-state index in [0.29, 0.717) is 17.2 Å². The molecular formula is C19H17NO4S. The lowest BCUT2D eigenvalue weighted by atomic mass is 10.1. The zero-order valence-electron chi connectivity index (χ0n) is 13.6. The van der Waals surface area contributed by atoms with Gasteiger partial charge in [0.05, 0.1) is 12.0 Å². The number of ether oxygens (including phenoxy) is 1. The number of carbonyl (C=O) groups excluding carboxylic acids is 1. The number of benzene rings is 1. The minimum absolute atomic E-state index is 0.0911. The second-order valence-electron chi connectivity index (χ2n) is 5.89. The van der Waals surface area contributed by atoms with Crippen LogP contribution < -0.4 is 0 Å². The molecule has 2 heterocycles. The van der Waals surface area contributed by atoms with Crippen LogP contribution >= 0.6 is 11.8 Å². The average molecular weight is 355 g/mol. The van der Waals surface area contributed by atoms with Crippen molar-refractivity contribution in [2.45, 2.75) is 30.8 Å². The average Bonchev–Trinajstić information content (AvgIpc) is 3.38. The number of nitrogens with zero attached hydrogens (tertiary/aromatic N) is 1. The lowest BCUT2D eigenvalue weighted by Crippen LogP contribution is -2.07. The third-order valence-corrected chi connectivity index (χ3v) is 5.10. The molecule has 0 fully saturated rings. The van der Waals surface area contributed by atoms with Crippen molar-refractivity contribution in [2.75, 3.05) is 5.75 Å². The molecule has 128 valence electrons. The SMILES string of the molecule is O=C(CSc1ccc2c(c1)CCC2)OCc1cc(-c2ccco2)on1. The quantitative estimate of drug-likeness (QED) is 0.486. The first kappa shape index (κ1) is 16.0. The van der Waals surface area contributed by atoms with Crippen LogP contribution in [0.4, 0.5) is 0 Å². The number of rotatable bonds is 6. The lowest BCUT2D eigenvalue weighted by molar-refractivity contribution is -0.141. The van der Waals surface area contributed by atoms with Crippen LogP contribution in [0.3, 0.4) is 0 Å². The van der Waals surface area contributed by atoms with E-state index >= 15 is 0 Å². The van der Waals surface area contributed by atoms with Crippen LogP contribution in [-0.2, 0) is 29.0 Å². The molecule has 0 aliphatic heterocycles. The lowest BCUT2D eigenvalue weighted by Gasteiger charge is -2.05. The Morgan fingerprint density at radius 3 is 2.96 bits per heavy atom. The van der Waals surface area contributed by atoms with Gasteiger partial charge in [0.1, 0.15) is 12.3 Å². The molecule has 0 spiro atoms.